The van der Waals surface area contributed by atoms with Gasteiger partial charge in [-0.05, 0) is 56.8 Å². The Hall–Kier alpha value is -6.35. The molecule has 1 aromatic rings. The highest BCUT2D eigenvalue weighted by Gasteiger charge is 2.20. The van der Waals surface area contributed by atoms with E-state index in [9.17, 15) is 43.2 Å². The number of hydrogen-bond donors (Lipinski definition) is 1. The summed E-state index contributed by atoms with van der Waals surface area (Å²) >= 11 is 0. The monoisotopic (exact) mass is 892 g/mol. The molecule has 22 nitrogen and oxygen atoms in total. The van der Waals surface area contributed by atoms with E-state index in [1.807, 2.05) is 0 Å². The molecule has 0 aliphatic carbocycles. The maximum Gasteiger partial charge on any atom is 0.514 e. The molecule has 3 fully saturated rings. The van der Waals surface area contributed by atoms with Crippen molar-refractivity contribution in [1.29, 1.82) is 0 Å². The van der Waals surface area contributed by atoms with E-state index in [0.717, 1.165) is 39.4 Å². The van der Waals surface area contributed by atoms with Gasteiger partial charge in [0.15, 0.2) is 19.8 Å². The van der Waals surface area contributed by atoms with Gasteiger partial charge >= 0.3 is 53.6 Å². The molecule has 3 saturated heterocycles. The Morgan fingerprint density at radius 3 is 1.16 bits per heavy atom. The molecular formula is C41H56N4O18. The Kier molecular flexibility index (Phi) is 21.6. The second kappa shape index (κ2) is 27.6. The van der Waals surface area contributed by atoms with Gasteiger partial charge in [-0.3, -0.25) is 9.59 Å². The average molecular weight is 893 g/mol. The first-order valence-corrected chi connectivity index (χ1v) is 21.3. The van der Waals surface area contributed by atoms with E-state index in [4.69, 9.17) is 28.4 Å². The Morgan fingerprint density at radius 1 is 0.460 bits per heavy atom. The van der Waals surface area contributed by atoms with E-state index < -0.39 is 53.6 Å². The number of nitrogens with one attached hydrogen (secondary N) is 1. The van der Waals surface area contributed by atoms with Crippen molar-refractivity contribution in [2.75, 3.05) is 46.2 Å². The van der Waals surface area contributed by atoms with E-state index in [-0.39, 0.29) is 77.9 Å². The number of carbonyl (C=O) groups is 6. The van der Waals surface area contributed by atoms with Crippen LogP contribution in [0.5, 0.6) is 0 Å². The second-order valence-electron chi connectivity index (χ2n) is 14.6. The summed E-state index contributed by atoms with van der Waals surface area (Å²) in [4.78, 5) is 109. The Balaban J connectivity index is 1.19. The Morgan fingerprint density at radius 2 is 0.794 bits per heavy atom. The highest BCUT2D eigenvalue weighted by molar-refractivity contribution is 5.70. The number of cyclic esters (lactones) is 6. The molecule has 0 spiro atoms. The van der Waals surface area contributed by atoms with E-state index >= 15 is 0 Å². The van der Waals surface area contributed by atoms with Gasteiger partial charge in [0.2, 0.25) is 0 Å². The fourth-order valence-corrected chi connectivity index (χ4v) is 6.39. The lowest BCUT2D eigenvalue weighted by Crippen LogP contribution is -2.54. The number of carbonyl (C=O) groups excluding carboxylic acids is 6. The van der Waals surface area contributed by atoms with Gasteiger partial charge in [-0.2, -0.15) is 0 Å². The molecule has 3 aliphatic rings. The van der Waals surface area contributed by atoms with Crippen molar-refractivity contribution in [3.05, 3.63) is 67.0 Å². The number of amides is 1. The lowest BCUT2D eigenvalue weighted by atomic mass is 10.1. The Labute approximate surface area is 362 Å². The highest BCUT2D eigenvalue weighted by atomic mass is 16.8. The van der Waals surface area contributed by atoms with Gasteiger partial charge in [0, 0.05) is 39.0 Å². The van der Waals surface area contributed by atoms with Crippen LogP contribution in [0.2, 0.25) is 0 Å². The molecule has 3 aliphatic heterocycles. The predicted molar refractivity (Wildman–Crippen MR) is 216 cm³/mol. The molecule has 348 valence electrons. The summed E-state index contributed by atoms with van der Waals surface area (Å²) in [6, 6.07) is 0. The van der Waals surface area contributed by atoms with Crippen LogP contribution >= 0.6 is 0 Å². The summed E-state index contributed by atoms with van der Waals surface area (Å²) in [7, 11) is 0. The number of nitrogens with zero attached hydrogens (tertiary/aromatic N) is 3. The number of rotatable bonds is 29. The normalized spacial score (nSPS) is 16.3. The number of esters is 2. The van der Waals surface area contributed by atoms with Crippen LogP contribution in [0, 0.1) is 0 Å². The fourth-order valence-electron chi connectivity index (χ4n) is 6.39. The summed E-state index contributed by atoms with van der Waals surface area (Å²) < 4.78 is 46.8. The summed E-state index contributed by atoms with van der Waals surface area (Å²) in [5, 5.41) is 2.63. The molecule has 0 unspecified atom stereocenters. The zero-order valence-electron chi connectivity index (χ0n) is 35.3. The van der Waals surface area contributed by atoms with Gasteiger partial charge in [-0.25, -0.2) is 47.3 Å². The van der Waals surface area contributed by atoms with Crippen LogP contribution < -0.4 is 22.4 Å². The quantitative estimate of drug-likeness (QED) is 0.0664. The molecule has 22 heteroatoms. The van der Waals surface area contributed by atoms with Crippen LogP contribution in [-0.2, 0) is 71.9 Å². The van der Waals surface area contributed by atoms with E-state index in [1.165, 1.54) is 18.2 Å². The lowest BCUT2D eigenvalue weighted by molar-refractivity contribution is -0.143. The van der Waals surface area contributed by atoms with Crippen molar-refractivity contribution in [3.63, 3.8) is 0 Å². The first kappa shape index (κ1) is 49.3. The van der Waals surface area contributed by atoms with E-state index in [0.29, 0.717) is 82.3 Å². The Bertz CT molecular complexity index is 1760. The number of aromatic nitrogens is 3. The summed E-state index contributed by atoms with van der Waals surface area (Å²) in [6.07, 6.45) is 10.6. The van der Waals surface area contributed by atoms with E-state index in [2.05, 4.69) is 19.5 Å². The molecule has 4 rings (SSSR count). The molecule has 0 atom stereocenters. The molecule has 0 bridgehead atoms. The number of alkyl carbamates (subject to hydrolysis) is 1. The van der Waals surface area contributed by atoms with Gasteiger partial charge < -0.3 is 47.9 Å². The SMILES string of the molecule is O=C(CCCCCCCn1c(=O)n(CCCCCCCC(=O)OC/C=C2/COC(=O)O2)c(=O)n(CCCCCCNC(=O)OC/C=C2/COC(=O)O2)c1=O)OC/C=C1/COC(=O)O1. The van der Waals surface area contributed by atoms with E-state index in [1.54, 1.807) is 0 Å². The van der Waals surface area contributed by atoms with Crippen molar-refractivity contribution < 1.29 is 71.4 Å². The van der Waals surface area contributed by atoms with Crippen molar-refractivity contribution in [2.24, 2.45) is 0 Å². The third-order valence-corrected chi connectivity index (χ3v) is 9.76. The zero-order chi connectivity index (χ0) is 45.2. The minimum absolute atomic E-state index is 0.00367. The predicted octanol–water partition coefficient (Wildman–Crippen LogP) is 4.38. The van der Waals surface area contributed by atoms with Crippen molar-refractivity contribution in [3.8, 4) is 0 Å². The maximum atomic E-state index is 13.5. The molecule has 0 saturated carbocycles. The van der Waals surface area contributed by atoms with Crippen LogP contribution in [0.15, 0.2) is 49.9 Å². The van der Waals surface area contributed by atoms with Gasteiger partial charge in [0.25, 0.3) is 0 Å². The van der Waals surface area contributed by atoms with Crippen LogP contribution in [-0.4, -0.2) is 96.4 Å². The lowest BCUT2D eigenvalue weighted by Gasteiger charge is -2.14. The van der Waals surface area contributed by atoms with Gasteiger partial charge in [-0.15, -0.1) is 0 Å². The maximum absolute atomic E-state index is 13.5. The number of ether oxygens (including phenoxy) is 9. The van der Waals surface area contributed by atoms with Crippen LogP contribution in [0.3, 0.4) is 0 Å². The molecule has 4 heterocycles. The number of hydrogen-bond acceptors (Lipinski definition) is 18. The van der Waals surface area contributed by atoms with Crippen LogP contribution in [0.25, 0.3) is 0 Å². The average Bonchev–Trinajstić information content (AvgIpc) is 4.00. The molecule has 1 aromatic heterocycles. The third-order valence-electron chi connectivity index (χ3n) is 9.76. The van der Waals surface area contributed by atoms with Crippen LogP contribution in [0.4, 0.5) is 19.2 Å². The minimum atomic E-state index is -0.808. The second-order valence-corrected chi connectivity index (χ2v) is 14.6. The molecule has 0 aromatic carbocycles. The smallest absolute Gasteiger partial charge is 0.461 e. The largest absolute Gasteiger partial charge is 0.514 e. The molecular weight excluding hydrogens is 836 g/mol. The molecule has 0 radical (unpaired) electrons. The van der Waals surface area contributed by atoms with Crippen molar-refractivity contribution in [1.82, 2.24) is 19.0 Å². The van der Waals surface area contributed by atoms with Crippen LogP contribution in [0.1, 0.15) is 103 Å². The van der Waals surface area contributed by atoms with Gasteiger partial charge in [0.1, 0.15) is 37.1 Å². The zero-order valence-corrected chi connectivity index (χ0v) is 35.3. The molecule has 1 amide bonds. The summed E-state index contributed by atoms with van der Waals surface area (Å²) in [5.41, 5.74) is -2.00. The summed E-state index contributed by atoms with van der Waals surface area (Å²) in [5.74, 6) is 0.0617. The number of unbranched alkanes of at least 4 members (excludes halogenated alkanes) is 11. The highest BCUT2D eigenvalue weighted by Crippen LogP contribution is 2.13. The molecule has 63 heavy (non-hydrogen) atoms. The van der Waals surface area contributed by atoms with Gasteiger partial charge in [-0.1, -0.05) is 51.4 Å². The first-order valence-electron chi connectivity index (χ1n) is 21.3. The topological polar surface area (TPSA) is 264 Å². The third kappa shape index (κ3) is 18.7. The molecule has 1 N–H and O–H groups in total. The minimum Gasteiger partial charge on any atom is -0.461 e. The van der Waals surface area contributed by atoms with Gasteiger partial charge in [0.05, 0.1) is 0 Å². The van der Waals surface area contributed by atoms with Crippen molar-refractivity contribution >= 4 is 36.5 Å². The van der Waals surface area contributed by atoms with Crippen molar-refractivity contribution in [2.45, 2.75) is 122 Å². The fraction of sp³-hybridized carbons (Fsp3) is 0.634. The summed E-state index contributed by atoms with van der Waals surface area (Å²) in [6.45, 7) is 0.503. The first-order chi connectivity index (χ1) is 30.5. The standard InChI is InChI=1S/C41H56N4O18/c46-33(55-24-17-30-27-58-39(52)61-30)15-9-3-1-6-12-21-43-36(49)44(22-13-7-2-4-10-16-34(47)56-25-18-31-28-59-40(53)62-31)38(51)45(37(43)50)23-14-8-5-11-20-42-35(48)57-26-19-32-29-60-41(54)63-32/h17-19H,1-16,20-29H2,(H,42,48)/b30-17-,31-18-,32-19-.